The quantitative estimate of drug-likeness (QED) is 0.859. The van der Waals surface area contributed by atoms with Crippen LogP contribution < -0.4 is 5.32 Å². The van der Waals surface area contributed by atoms with E-state index < -0.39 is 0 Å². The molecule has 0 aromatic heterocycles. The molecule has 17 heavy (non-hydrogen) atoms. The lowest BCUT2D eigenvalue weighted by Crippen LogP contribution is -2.20. The fourth-order valence-electron chi connectivity index (χ4n) is 2.53. The molecule has 1 fully saturated rings. The molecule has 2 heteroatoms. The van der Waals surface area contributed by atoms with Crippen LogP contribution >= 0.6 is 0 Å². The van der Waals surface area contributed by atoms with Crippen LogP contribution in [0.4, 0.5) is 5.69 Å². The van der Waals surface area contributed by atoms with E-state index in [4.69, 9.17) is 4.74 Å². The van der Waals surface area contributed by atoms with E-state index in [0.717, 1.165) is 13.0 Å². The third-order valence-corrected chi connectivity index (χ3v) is 3.57. The summed E-state index contributed by atoms with van der Waals surface area (Å²) in [6.45, 7) is 7.46. The molecule has 1 heterocycles. The predicted octanol–water partition coefficient (Wildman–Crippen LogP) is 3.54. The zero-order chi connectivity index (χ0) is 12.3. The number of aryl methyl sites for hydroxylation is 2. The zero-order valence-corrected chi connectivity index (χ0v) is 11.1. The van der Waals surface area contributed by atoms with E-state index in [1.807, 2.05) is 0 Å². The highest BCUT2D eigenvalue weighted by molar-refractivity contribution is 5.57. The SMILES string of the molecule is CCc1cccc(C)c1NCC1CCC(C)O1. The highest BCUT2D eigenvalue weighted by atomic mass is 16.5. The van der Waals surface area contributed by atoms with Crippen LogP contribution in [0.5, 0.6) is 0 Å². The van der Waals surface area contributed by atoms with E-state index in [1.54, 1.807) is 0 Å². The van der Waals surface area contributed by atoms with E-state index in [-0.39, 0.29) is 0 Å². The Hall–Kier alpha value is -1.02. The van der Waals surface area contributed by atoms with Gasteiger partial charge >= 0.3 is 0 Å². The van der Waals surface area contributed by atoms with Crippen LogP contribution in [0.1, 0.15) is 37.8 Å². The van der Waals surface area contributed by atoms with E-state index in [2.05, 4.69) is 44.3 Å². The van der Waals surface area contributed by atoms with Crippen LogP contribution in [0, 0.1) is 6.92 Å². The molecule has 1 aliphatic rings. The summed E-state index contributed by atoms with van der Waals surface area (Å²) in [5.41, 5.74) is 4.03. The lowest BCUT2D eigenvalue weighted by Gasteiger charge is -2.17. The van der Waals surface area contributed by atoms with Gasteiger partial charge in [0, 0.05) is 12.2 Å². The summed E-state index contributed by atoms with van der Waals surface area (Å²) in [4.78, 5) is 0. The summed E-state index contributed by atoms with van der Waals surface area (Å²) in [5.74, 6) is 0. The number of para-hydroxylation sites is 1. The third-order valence-electron chi connectivity index (χ3n) is 3.57. The standard InChI is InChI=1S/C15H23NO/c1-4-13-7-5-6-11(2)15(13)16-10-14-9-8-12(3)17-14/h5-7,12,14,16H,4,8-10H2,1-3H3. The summed E-state index contributed by atoms with van der Waals surface area (Å²) in [5, 5.41) is 3.57. The van der Waals surface area contributed by atoms with Crippen molar-refractivity contribution in [2.45, 2.75) is 52.2 Å². The van der Waals surface area contributed by atoms with Gasteiger partial charge in [0.1, 0.15) is 0 Å². The molecule has 2 unspecified atom stereocenters. The summed E-state index contributed by atoms with van der Waals surface area (Å²) >= 11 is 0. The lowest BCUT2D eigenvalue weighted by atomic mass is 10.1. The number of anilines is 1. The van der Waals surface area contributed by atoms with Gasteiger partial charge in [-0.3, -0.25) is 0 Å². The Balaban J connectivity index is 1.98. The van der Waals surface area contributed by atoms with E-state index in [9.17, 15) is 0 Å². The molecule has 1 aliphatic heterocycles. The molecule has 0 spiro atoms. The Kier molecular flexibility index (Phi) is 4.06. The highest BCUT2D eigenvalue weighted by Crippen LogP contribution is 2.23. The number of rotatable bonds is 4. The Bertz CT molecular complexity index is 375. The number of ether oxygens (including phenoxy) is 1. The Labute approximate surface area is 104 Å². The molecule has 0 saturated carbocycles. The highest BCUT2D eigenvalue weighted by Gasteiger charge is 2.21. The Morgan fingerprint density at radius 3 is 2.82 bits per heavy atom. The molecule has 0 bridgehead atoms. The first-order chi connectivity index (χ1) is 8.20. The van der Waals surface area contributed by atoms with Crippen molar-refractivity contribution >= 4 is 5.69 Å². The van der Waals surface area contributed by atoms with Gasteiger partial charge in [0.25, 0.3) is 0 Å². The molecule has 1 aromatic carbocycles. The van der Waals surface area contributed by atoms with Crippen molar-refractivity contribution in [3.8, 4) is 0 Å². The molecular weight excluding hydrogens is 210 g/mol. The van der Waals surface area contributed by atoms with Gasteiger partial charge in [-0.2, -0.15) is 0 Å². The van der Waals surface area contributed by atoms with Crippen LogP contribution in [-0.4, -0.2) is 18.8 Å². The minimum absolute atomic E-state index is 0.384. The van der Waals surface area contributed by atoms with Crippen LogP contribution in [0.25, 0.3) is 0 Å². The van der Waals surface area contributed by atoms with Crippen molar-refractivity contribution in [3.05, 3.63) is 29.3 Å². The molecule has 0 amide bonds. The van der Waals surface area contributed by atoms with Gasteiger partial charge in [0.2, 0.25) is 0 Å². The second-order valence-corrected chi connectivity index (χ2v) is 4.99. The average molecular weight is 233 g/mol. The fourth-order valence-corrected chi connectivity index (χ4v) is 2.53. The van der Waals surface area contributed by atoms with Gasteiger partial charge in [-0.05, 0) is 44.2 Å². The van der Waals surface area contributed by atoms with Gasteiger partial charge in [0.05, 0.1) is 12.2 Å². The molecule has 1 aromatic rings. The van der Waals surface area contributed by atoms with E-state index in [1.165, 1.54) is 29.7 Å². The maximum atomic E-state index is 5.83. The number of hydrogen-bond donors (Lipinski definition) is 1. The summed E-state index contributed by atoms with van der Waals surface area (Å²) in [6, 6.07) is 6.50. The van der Waals surface area contributed by atoms with E-state index in [0.29, 0.717) is 12.2 Å². The second kappa shape index (κ2) is 5.54. The van der Waals surface area contributed by atoms with Crippen LogP contribution in [0.15, 0.2) is 18.2 Å². The second-order valence-electron chi connectivity index (χ2n) is 4.99. The molecule has 1 saturated heterocycles. The normalized spacial score (nSPS) is 23.9. The first-order valence-electron chi connectivity index (χ1n) is 6.68. The minimum atomic E-state index is 0.384. The summed E-state index contributed by atoms with van der Waals surface area (Å²) in [7, 11) is 0. The van der Waals surface area contributed by atoms with Crippen molar-refractivity contribution in [3.63, 3.8) is 0 Å². The average Bonchev–Trinajstić information content (AvgIpc) is 2.73. The van der Waals surface area contributed by atoms with Crippen LogP contribution in [0.2, 0.25) is 0 Å². The van der Waals surface area contributed by atoms with Crippen molar-refractivity contribution in [2.75, 3.05) is 11.9 Å². The largest absolute Gasteiger partial charge is 0.382 e. The predicted molar refractivity (Wildman–Crippen MR) is 72.6 cm³/mol. The molecule has 94 valence electrons. The topological polar surface area (TPSA) is 21.3 Å². The van der Waals surface area contributed by atoms with Crippen molar-refractivity contribution < 1.29 is 4.74 Å². The minimum Gasteiger partial charge on any atom is -0.382 e. The van der Waals surface area contributed by atoms with Crippen molar-refractivity contribution in [1.82, 2.24) is 0 Å². The maximum Gasteiger partial charge on any atom is 0.0751 e. The molecular formula is C15H23NO. The smallest absolute Gasteiger partial charge is 0.0751 e. The molecule has 0 radical (unpaired) electrons. The lowest BCUT2D eigenvalue weighted by molar-refractivity contribution is 0.0637. The molecule has 0 aliphatic carbocycles. The van der Waals surface area contributed by atoms with Gasteiger partial charge in [-0.15, -0.1) is 0 Å². The fraction of sp³-hybridized carbons (Fsp3) is 0.600. The van der Waals surface area contributed by atoms with Gasteiger partial charge < -0.3 is 10.1 Å². The Morgan fingerprint density at radius 1 is 1.35 bits per heavy atom. The monoisotopic (exact) mass is 233 g/mol. The molecule has 2 rings (SSSR count). The van der Waals surface area contributed by atoms with Crippen LogP contribution in [-0.2, 0) is 11.2 Å². The summed E-state index contributed by atoms with van der Waals surface area (Å²) in [6.07, 6.45) is 4.27. The van der Waals surface area contributed by atoms with E-state index >= 15 is 0 Å². The first-order valence-corrected chi connectivity index (χ1v) is 6.68. The van der Waals surface area contributed by atoms with Crippen molar-refractivity contribution in [2.24, 2.45) is 0 Å². The van der Waals surface area contributed by atoms with Crippen molar-refractivity contribution in [1.29, 1.82) is 0 Å². The third kappa shape index (κ3) is 3.01. The molecule has 1 N–H and O–H groups in total. The molecule has 2 atom stereocenters. The molecule has 2 nitrogen and oxygen atoms in total. The van der Waals surface area contributed by atoms with Gasteiger partial charge in [0.15, 0.2) is 0 Å². The van der Waals surface area contributed by atoms with Gasteiger partial charge in [-0.1, -0.05) is 25.1 Å². The maximum absolute atomic E-state index is 5.83. The van der Waals surface area contributed by atoms with Gasteiger partial charge in [-0.25, -0.2) is 0 Å². The number of hydrogen-bond acceptors (Lipinski definition) is 2. The first kappa shape index (κ1) is 12.4. The number of nitrogens with one attached hydrogen (secondary N) is 1. The number of benzene rings is 1. The zero-order valence-electron chi connectivity index (χ0n) is 11.1. The Morgan fingerprint density at radius 2 is 2.18 bits per heavy atom. The summed E-state index contributed by atoms with van der Waals surface area (Å²) < 4.78 is 5.83. The van der Waals surface area contributed by atoms with Crippen LogP contribution in [0.3, 0.4) is 0 Å².